The molecule has 180 valence electrons. The van der Waals surface area contributed by atoms with Gasteiger partial charge < -0.3 is 10.1 Å². The maximum atomic E-state index is 14.0. The summed E-state index contributed by atoms with van der Waals surface area (Å²) < 4.78 is 6.67. The quantitative estimate of drug-likeness (QED) is 0.377. The van der Waals surface area contributed by atoms with Crippen molar-refractivity contribution in [2.24, 2.45) is 0 Å². The summed E-state index contributed by atoms with van der Waals surface area (Å²) in [7, 11) is 1.58. The molecule has 2 amide bonds. The zero-order valence-corrected chi connectivity index (χ0v) is 20.1. The first kappa shape index (κ1) is 24.1. The summed E-state index contributed by atoms with van der Waals surface area (Å²) in [5, 5.41) is 11.3. The summed E-state index contributed by atoms with van der Waals surface area (Å²) in [6.07, 6.45) is 0. The number of ether oxygens (including phenoxy) is 1. The van der Waals surface area contributed by atoms with E-state index in [0.717, 1.165) is 16.6 Å². The fourth-order valence-electron chi connectivity index (χ4n) is 4.06. The fraction of sp³-hybridized carbons (Fsp3) is 0.259. The van der Waals surface area contributed by atoms with Crippen LogP contribution in [-0.2, 0) is 20.9 Å². The number of hydrogen-bond donors (Lipinski definition) is 1. The third-order valence-electron chi connectivity index (χ3n) is 5.83. The molecule has 8 nitrogen and oxygen atoms in total. The molecule has 4 aromatic rings. The van der Waals surface area contributed by atoms with Gasteiger partial charge in [0.1, 0.15) is 18.1 Å². The highest BCUT2D eigenvalue weighted by Crippen LogP contribution is 2.32. The summed E-state index contributed by atoms with van der Waals surface area (Å²) in [5.74, 6) is -0.559. The van der Waals surface area contributed by atoms with Gasteiger partial charge in [-0.05, 0) is 48.7 Å². The summed E-state index contributed by atoms with van der Waals surface area (Å²) in [5.41, 5.74) is 4.72. The number of amides is 2. The largest absolute Gasteiger partial charge is 0.383 e. The lowest BCUT2D eigenvalue weighted by atomic mass is 10.0. The van der Waals surface area contributed by atoms with E-state index in [4.69, 9.17) is 4.74 Å². The van der Waals surface area contributed by atoms with Crippen LogP contribution in [-0.4, -0.2) is 47.1 Å². The smallest absolute Gasteiger partial charge is 0.249 e. The van der Waals surface area contributed by atoms with Crippen molar-refractivity contribution in [1.29, 1.82) is 0 Å². The minimum absolute atomic E-state index is 0.0669. The van der Waals surface area contributed by atoms with Gasteiger partial charge in [0.15, 0.2) is 0 Å². The highest BCUT2D eigenvalue weighted by molar-refractivity contribution is 6.02. The van der Waals surface area contributed by atoms with Crippen molar-refractivity contribution in [2.75, 3.05) is 25.2 Å². The molecule has 0 bridgehead atoms. The monoisotopic (exact) mass is 471 g/mol. The van der Waals surface area contributed by atoms with E-state index in [9.17, 15) is 9.59 Å². The van der Waals surface area contributed by atoms with Crippen molar-refractivity contribution in [3.05, 3.63) is 89.5 Å². The number of hydrogen-bond acceptors (Lipinski definition) is 5. The number of nitrogens with zero attached hydrogens (tertiary/aromatic N) is 4. The van der Waals surface area contributed by atoms with Gasteiger partial charge in [0.2, 0.25) is 11.8 Å². The highest BCUT2D eigenvalue weighted by atomic mass is 16.5. The number of para-hydroxylation sites is 1. The molecule has 0 fully saturated rings. The van der Waals surface area contributed by atoms with Crippen molar-refractivity contribution in [1.82, 2.24) is 20.3 Å². The number of rotatable bonds is 9. The Morgan fingerprint density at radius 1 is 1.03 bits per heavy atom. The Bertz CT molecular complexity index is 1320. The van der Waals surface area contributed by atoms with Crippen LogP contribution in [0, 0.1) is 13.8 Å². The number of anilines is 1. The second-order valence-corrected chi connectivity index (χ2v) is 8.39. The second kappa shape index (κ2) is 10.9. The SMILES string of the molecule is COCCNC(=O)C(c1ccccc1)N(C(=O)Cn1nnc2ccccc21)c1cc(C)ccc1C. The van der Waals surface area contributed by atoms with Crippen LogP contribution < -0.4 is 10.2 Å². The molecule has 4 rings (SSSR count). The number of carbonyl (C=O) groups excluding carboxylic acids is 2. The maximum absolute atomic E-state index is 14.0. The van der Waals surface area contributed by atoms with Crippen molar-refractivity contribution in [2.45, 2.75) is 26.4 Å². The van der Waals surface area contributed by atoms with Gasteiger partial charge in [-0.3, -0.25) is 14.5 Å². The zero-order chi connectivity index (χ0) is 24.8. The lowest BCUT2D eigenvalue weighted by Crippen LogP contribution is -2.46. The molecule has 1 unspecified atom stereocenters. The van der Waals surface area contributed by atoms with E-state index in [1.54, 1.807) is 16.7 Å². The molecule has 0 saturated heterocycles. The first-order valence-electron chi connectivity index (χ1n) is 11.5. The Morgan fingerprint density at radius 3 is 2.54 bits per heavy atom. The predicted octanol–water partition coefficient (Wildman–Crippen LogP) is 3.59. The van der Waals surface area contributed by atoms with E-state index in [1.165, 1.54) is 0 Å². The normalized spacial score (nSPS) is 11.9. The second-order valence-electron chi connectivity index (χ2n) is 8.39. The minimum atomic E-state index is -0.879. The molecule has 1 N–H and O–H groups in total. The summed E-state index contributed by atoms with van der Waals surface area (Å²) in [4.78, 5) is 29.1. The topological polar surface area (TPSA) is 89.4 Å². The van der Waals surface area contributed by atoms with Gasteiger partial charge in [-0.2, -0.15) is 0 Å². The average molecular weight is 472 g/mol. The van der Waals surface area contributed by atoms with Crippen LogP contribution in [0.2, 0.25) is 0 Å². The number of aromatic nitrogens is 3. The zero-order valence-electron chi connectivity index (χ0n) is 20.1. The molecule has 0 radical (unpaired) electrons. The van der Waals surface area contributed by atoms with Crippen LogP contribution >= 0.6 is 0 Å². The maximum Gasteiger partial charge on any atom is 0.249 e. The molecule has 3 aromatic carbocycles. The van der Waals surface area contributed by atoms with Crippen LogP contribution in [0.4, 0.5) is 5.69 Å². The molecule has 0 aliphatic heterocycles. The van der Waals surface area contributed by atoms with Crippen LogP contribution in [0.3, 0.4) is 0 Å². The molecule has 0 aliphatic carbocycles. The van der Waals surface area contributed by atoms with Gasteiger partial charge in [-0.1, -0.05) is 59.8 Å². The molecule has 0 aliphatic rings. The Morgan fingerprint density at radius 2 is 1.77 bits per heavy atom. The van der Waals surface area contributed by atoms with E-state index >= 15 is 0 Å². The highest BCUT2D eigenvalue weighted by Gasteiger charge is 2.34. The average Bonchev–Trinajstić information content (AvgIpc) is 3.27. The van der Waals surface area contributed by atoms with E-state index in [2.05, 4.69) is 15.6 Å². The predicted molar refractivity (Wildman–Crippen MR) is 135 cm³/mol. The van der Waals surface area contributed by atoms with E-state index < -0.39 is 6.04 Å². The lowest BCUT2D eigenvalue weighted by molar-refractivity contribution is -0.127. The Hall–Kier alpha value is -4.04. The summed E-state index contributed by atoms with van der Waals surface area (Å²) in [6, 6.07) is 21.8. The van der Waals surface area contributed by atoms with E-state index in [0.29, 0.717) is 29.9 Å². The molecule has 1 aromatic heterocycles. The molecule has 8 heteroatoms. The molecular weight excluding hydrogens is 442 g/mol. The third kappa shape index (κ3) is 5.38. The Kier molecular flexibility index (Phi) is 7.52. The van der Waals surface area contributed by atoms with Gasteiger partial charge in [-0.25, -0.2) is 4.68 Å². The molecular formula is C27H29N5O3. The van der Waals surface area contributed by atoms with Gasteiger partial charge in [0, 0.05) is 19.3 Å². The molecule has 0 spiro atoms. The standard InChI is InChI=1S/C27H29N5O3/c1-19-13-14-20(2)24(17-19)32(25(33)18-31-23-12-8-7-11-22(23)29-30-31)26(21-9-5-4-6-10-21)27(34)28-15-16-35-3/h4-14,17,26H,15-16,18H2,1-3H3,(H,28,34). The van der Waals surface area contributed by atoms with Gasteiger partial charge in [0.05, 0.1) is 12.1 Å². The lowest BCUT2D eigenvalue weighted by Gasteiger charge is -2.33. The summed E-state index contributed by atoms with van der Waals surface area (Å²) in [6.45, 7) is 4.54. The Balaban J connectivity index is 1.80. The van der Waals surface area contributed by atoms with Crippen LogP contribution in [0.15, 0.2) is 72.8 Å². The van der Waals surface area contributed by atoms with Crippen molar-refractivity contribution in [3.63, 3.8) is 0 Å². The fourth-order valence-corrected chi connectivity index (χ4v) is 4.06. The number of benzene rings is 3. The third-order valence-corrected chi connectivity index (χ3v) is 5.83. The number of nitrogens with one attached hydrogen (secondary N) is 1. The van der Waals surface area contributed by atoms with Crippen LogP contribution in [0.1, 0.15) is 22.7 Å². The van der Waals surface area contributed by atoms with Crippen molar-refractivity contribution < 1.29 is 14.3 Å². The molecule has 35 heavy (non-hydrogen) atoms. The first-order valence-corrected chi connectivity index (χ1v) is 11.5. The number of aryl methyl sites for hydroxylation is 2. The van der Waals surface area contributed by atoms with Crippen LogP contribution in [0.5, 0.6) is 0 Å². The van der Waals surface area contributed by atoms with E-state index in [1.807, 2.05) is 86.6 Å². The Labute approximate surface area is 204 Å². The van der Waals surface area contributed by atoms with E-state index in [-0.39, 0.29) is 18.4 Å². The number of carbonyl (C=O) groups is 2. The van der Waals surface area contributed by atoms with Gasteiger partial charge >= 0.3 is 0 Å². The number of methoxy groups -OCH3 is 1. The van der Waals surface area contributed by atoms with Crippen molar-refractivity contribution in [3.8, 4) is 0 Å². The molecule has 0 saturated carbocycles. The molecule has 1 atom stereocenters. The first-order chi connectivity index (χ1) is 17.0. The molecule has 1 heterocycles. The van der Waals surface area contributed by atoms with Gasteiger partial charge in [0.25, 0.3) is 0 Å². The summed E-state index contributed by atoms with van der Waals surface area (Å²) >= 11 is 0. The van der Waals surface area contributed by atoms with Crippen LogP contribution in [0.25, 0.3) is 11.0 Å². The minimum Gasteiger partial charge on any atom is -0.383 e. The van der Waals surface area contributed by atoms with Crippen molar-refractivity contribution >= 4 is 28.5 Å². The number of fused-ring (bicyclic) bond motifs is 1. The van der Waals surface area contributed by atoms with Gasteiger partial charge in [-0.15, -0.1) is 5.10 Å².